The van der Waals surface area contributed by atoms with E-state index in [2.05, 4.69) is 11.8 Å². The van der Waals surface area contributed by atoms with E-state index in [1.165, 1.54) is 77.0 Å². The van der Waals surface area contributed by atoms with Gasteiger partial charge in [0, 0.05) is 12.0 Å². The average Bonchev–Trinajstić information content (AvgIpc) is 2.58. The zero-order valence-electron chi connectivity index (χ0n) is 14.6. The van der Waals surface area contributed by atoms with Gasteiger partial charge in [-0.25, -0.2) is 0 Å². The quantitative estimate of drug-likeness (QED) is 0.742. The molecular weight excluding hydrogens is 270 g/mol. The van der Waals surface area contributed by atoms with Crippen molar-refractivity contribution in [3.05, 3.63) is 0 Å². The van der Waals surface area contributed by atoms with Gasteiger partial charge in [0.15, 0.2) is 0 Å². The highest BCUT2D eigenvalue weighted by Crippen LogP contribution is 2.40. The van der Waals surface area contributed by atoms with Crippen molar-refractivity contribution in [3.8, 4) is 0 Å². The fourth-order valence-electron chi connectivity index (χ4n) is 5.24. The van der Waals surface area contributed by atoms with Crippen molar-refractivity contribution in [2.45, 2.75) is 90.0 Å². The summed E-state index contributed by atoms with van der Waals surface area (Å²) >= 11 is 0. The monoisotopic (exact) mass is 305 g/mol. The van der Waals surface area contributed by atoms with E-state index in [0.717, 1.165) is 24.9 Å². The van der Waals surface area contributed by atoms with E-state index >= 15 is 0 Å². The Morgan fingerprint density at radius 3 is 2.14 bits per heavy atom. The average molecular weight is 306 g/mol. The highest BCUT2D eigenvalue weighted by Gasteiger charge is 2.32. The topological polar surface area (TPSA) is 20.3 Å². The lowest BCUT2D eigenvalue weighted by Crippen LogP contribution is -2.42. The van der Waals surface area contributed by atoms with Crippen molar-refractivity contribution in [1.82, 2.24) is 4.90 Å². The molecule has 0 aromatic heterocycles. The number of nitrogens with zero attached hydrogens (tertiary/aromatic N) is 1. The summed E-state index contributed by atoms with van der Waals surface area (Å²) in [4.78, 5) is 15.1. The lowest BCUT2D eigenvalue weighted by atomic mass is 9.70. The molecule has 1 atom stereocenters. The van der Waals surface area contributed by atoms with Gasteiger partial charge in [-0.15, -0.1) is 0 Å². The number of piperidine rings is 1. The lowest BCUT2D eigenvalue weighted by Gasteiger charge is -2.37. The van der Waals surface area contributed by atoms with E-state index < -0.39 is 0 Å². The number of Topliss-reactive ketones (excluding diaryl/α,β-unsaturated/α-hetero) is 1. The Kier molecular flexibility index (Phi) is 5.95. The number of carbonyl (C=O) groups is 1. The highest BCUT2D eigenvalue weighted by atomic mass is 16.1. The summed E-state index contributed by atoms with van der Waals surface area (Å²) in [6.07, 6.45) is 16.2. The molecule has 0 aromatic rings. The Balaban J connectivity index is 1.43. The van der Waals surface area contributed by atoms with Crippen molar-refractivity contribution in [1.29, 1.82) is 0 Å². The van der Waals surface area contributed by atoms with Crippen LogP contribution >= 0.6 is 0 Å². The van der Waals surface area contributed by atoms with Gasteiger partial charge in [0.25, 0.3) is 0 Å². The normalized spacial score (nSPS) is 35.4. The van der Waals surface area contributed by atoms with Gasteiger partial charge in [-0.3, -0.25) is 9.69 Å². The minimum atomic E-state index is 0.383. The molecule has 2 aliphatic carbocycles. The molecule has 1 unspecified atom stereocenters. The largest absolute Gasteiger partial charge is 0.298 e. The first-order chi connectivity index (χ1) is 10.7. The molecule has 2 nitrogen and oxygen atoms in total. The zero-order chi connectivity index (χ0) is 15.4. The van der Waals surface area contributed by atoms with Crippen LogP contribution in [0.25, 0.3) is 0 Å². The van der Waals surface area contributed by atoms with Crippen LogP contribution in [-0.2, 0) is 4.79 Å². The predicted octanol–water partition coefficient (Wildman–Crippen LogP) is 4.82. The highest BCUT2D eigenvalue weighted by molar-refractivity contribution is 5.83. The smallest absolute Gasteiger partial charge is 0.149 e. The third-order valence-corrected chi connectivity index (χ3v) is 6.84. The maximum Gasteiger partial charge on any atom is 0.149 e. The fraction of sp³-hybridized carbons (Fsp3) is 0.950. The van der Waals surface area contributed by atoms with Gasteiger partial charge in [-0.1, -0.05) is 38.5 Å². The Labute approximate surface area is 137 Å². The number of carbonyl (C=O) groups excluding carboxylic acids is 1. The van der Waals surface area contributed by atoms with Crippen LogP contribution < -0.4 is 0 Å². The first kappa shape index (κ1) is 16.5. The van der Waals surface area contributed by atoms with E-state index in [1.54, 1.807) is 0 Å². The number of likely N-dealkylation sites (tertiary alicyclic amines) is 1. The molecule has 0 bridgehead atoms. The van der Waals surface area contributed by atoms with Crippen molar-refractivity contribution >= 4 is 5.78 Å². The summed E-state index contributed by atoms with van der Waals surface area (Å²) in [6, 6.07) is 0.622. The summed E-state index contributed by atoms with van der Waals surface area (Å²) in [5.41, 5.74) is 0. The lowest BCUT2D eigenvalue weighted by molar-refractivity contribution is -0.126. The van der Waals surface area contributed by atoms with Crippen LogP contribution in [-0.4, -0.2) is 29.8 Å². The number of ketones is 1. The predicted molar refractivity (Wildman–Crippen MR) is 91.9 cm³/mol. The standard InChI is InChI=1S/C20H35NO/c1-16-7-5-6-14-21(16)15-20(22)19-12-10-18(11-13-19)17-8-3-2-4-9-17/h16-19H,2-15H2,1H3. The van der Waals surface area contributed by atoms with E-state index in [4.69, 9.17) is 0 Å². The first-order valence-electron chi connectivity index (χ1n) is 10.0. The Bertz CT molecular complexity index is 353. The van der Waals surface area contributed by atoms with E-state index in [1.807, 2.05) is 0 Å². The number of hydrogen-bond donors (Lipinski definition) is 0. The zero-order valence-corrected chi connectivity index (χ0v) is 14.6. The molecule has 126 valence electrons. The SMILES string of the molecule is CC1CCCCN1CC(=O)C1CCC(C2CCCCC2)CC1. The van der Waals surface area contributed by atoms with Crippen LogP contribution in [0.2, 0.25) is 0 Å². The van der Waals surface area contributed by atoms with Crippen LogP contribution in [0.3, 0.4) is 0 Å². The molecule has 0 radical (unpaired) electrons. The molecule has 3 aliphatic rings. The van der Waals surface area contributed by atoms with Gasteiger partial charge in [0.2, 0.25) is 0 Å². The molecular formula is C20H35NO. The molecule has 1 heterocycles. The second kappa shape index (κ2) is 7.95. The summed E-state index contributed by atoms with van der Waals surface area (Å²) in [5, 5.41) is 0. The van der Waals surface area contributed by atoms with E-state index in [-0.39, 0.29) is 0 Å². The molecule has 2 saturated carbocycles. The van der Waals surface area contributed by atoms with Gasteiger partial charge in [-0.2, -0.15) is 0 Å². The van der Waals surface area contributed by atoms with Crippen LogP contribution in [0.15, 0.2) is 0 Å². The number of hydrogen-bond acceptors (Lipinski definition) is 2. The van der Waals surface area contributed by atoms with Crippen molar-refractivity contribution < 1.29 is 4.79 Å². The summed E-state index contributed by atoms with van der Waals surface area (Å²) < 4.78 is 0. The Morgan fingerprint density at radius 1 is 0.818 bits per heavy atom. The van der Waals surface area contributed by atoms with Gasteiger partial charge in [-0.05, 0) is 63.8 Å². The summed E-state index contributed by atoms with van der Waals surface area (Å²) in [6.45, 7) is 4.18. The fourth-order valence-corrected chi connectivity index (χ4v) is 5.24. The summed E-state index contributed by atoms with van der Waals surface area (Å²) in [7, 11) is 0. The summed E-state index contributed by atoms with van der Waals surface area (Å²) in [5.74, 6) is 2.87. The van der Waals surface area contributed by atoms with Gasteiger partial charge in [0.05, 0.1) is 6.54 Å². The van der Waals surface area contributed by atoms with Gasteiger partial charge < -0.3 is 0 Å². The maximum absolute atomic E-state index is 12.7. The molecule has 0 spiro atoms. The molecule has 0 amide bonds. The molecule has 22 heavy (non-hydrogen) atoms. The van der Waals surface area contributed by atoms with Crippen LogP contribution in [0.1, 0.15) is 84.0 Å². The number of rotatable bonds is 4. The maximum atomic E-state index is 12.7. The third kappa shape index (κ3) is 4.13. The molecule has 2 heteroatoms. The Morgan fingerprint density at radius 2 is 1.45 bits per heavy atom. The Hall–Kier alpha value is -0.370. The first-order valence-corrected chi connectivity index (χ1v) is 10.0. The van der Waals surface area contributed by atoms with Crippen LogP contribution in [0.5, 0.6) is 0 Å². The van der Waals surface area contributed by atoms with Crippen molar-refractivity contribution in [2.75, 3.05) is 13.1 Å². The molecule has 1 saturated heterocycles. The molecule has 0 N–H and O–H groups in total. The second-order valence-corrected chi connectivity index (χ2v) is 8.29. The van der Waals surface area contributed by atoms with Crippen LogP contribution in [0.4, 0.5) is 0 Å². The van der Waals surface area contributed by atoms with Crippen molar-refractivity contribution in [3.63, 3.8) is 0 Å². The van der Waals surface area contributed by atoms with Gasteiger partial charge in [0.1, 0.15) is 5.78 Å². The minimum absolute atomic E-state index is 0.383. The molecule has 3 rings (SSSR count). The van der Waals surface area contributed by atoms with E-state index in [0.29, 0.717) is 17.7 Å². The molecule has 0 aromatic carbocycles. The molecule has 3 fully saturated rings. The van der Waals surface area contributed by atoms with Gasteiger partial charge >= 0.3 is 0 Å². The second-order valence-electron chi connectivity index (χ2n) is 8.29. The van der Waals surface area contributed by atoms with Crippen LogP contribution in [0, 0.1) is 17.8 Å². The third-order valence-electron chi connectivity index (χ3n) is 6.84. The molecule has 1 aliphatic heterocycles. The van der Waals surface area contributed by atoms with Crippen molar-refractivity contribution in [2.24, 2.45) is 17.8 Å². The minimum Gasteiger partial charge on any atom is -0.298 e. The van der Waals surface area contributed by atoms with E-state index in [9.17, 15) is 4.79 Å².